The maximum absolute atomic E-state index is 12.8. The molecule has 0 unspecified atom stereocenters. The van der Waals surface area contributed by atoms with Crippen LogP contribution in [0.4, 0.5) is 13.2 Å². The van der Waals surface area contributed by atoms with Gasteiger partial charge in [-0.05, 0) is 48.0 Å². The van der Waals surface area contributed by atoms with Crippen LogP contribution < -0.4 is 25.3 Å². The number of benzene rings is 2. The number of nitrogens with two attached hydrogens (primary N) is 1. The van der Waals surface area contributed by atoms with E-state index >= 15 is 0 Å². The molecule has 0 spiro atoms. The molecule has 0 saturated carbocycles. The fraction of sp³-hybridized carbons (Fsp3) is 0.345. The van der Waals surface area contributed by atoms with Crippen LogP contribution in [-0.4, -0.2) is 67.7 Å². The average Bonchev–Trinajstić information content (AvgIpc) is 2.95. The number of fused-ring (bicyclic) bond motifs is 1. The smallest absolute Gasteiger partial charge is 0.416 e. The number of nitrogens with one attached hydrogen (secondary N) is 1. The van der Waals surface area contributed by atoms with E-state index in [-0.39, 0.29) is 48.1 Å². The first-order chi connectivity index (χ1) is 20.0. The lowest BCUT2D eigenvalue weighted by atomic mass is 10.1. The molecule has 3 heterocycles. The molecule has 0 bridgehead atoms. The summed E-state index contributed by atoms with van der Waals surface area (Å²) in [5.41, 5.74) is 5.78. The van der Waals surface area contributed by atoms with Crippen molar-refractivity contribution in [3.8, 4) is 23.1 Å². The summed E-state index contributed by atoms with van der Waals surface area (Å²) in [6.45, 7) is 2.50. The zero-order valence-corrected chi connectivity index (χ0v) is 23.2. The molecule has 232 valence electrons. The van der Waals surface area contributed by atoms with E-state index in [1.54, 1.807) is 7.11 Å². The molecule has 10 nitrogen and oxygen atoms in total. The number of halogens is 4. The summed E-state index contributed by atoms with van der Waals surface area (Å²) < 4.78 is 59.5. The van der Waals surface area contributed by atoms with Gasteiger partial charge in [0.15, 0.2) is 11.5 Å². The largest absolute Gasteiger partial charge is 0.486 e. The lowest BCUT2D eigenvalue weighted by Gasteiger charge is -2.36. The van der Waals surface area contributed by atoms with Gasteiger partial charge in [0.25, 0.3) is 5.91 Å². The SMILES string of the molecule is C.COCc1ccc2c(c1)OCCO2.NC1CN(C(=O)CNC(=O)c2cccnc2Oc2ccc(C(F)(F)F)cc2Cl)C1. The van der Waals surface area contributed by atoms with Crippen LogP contribution in [-0.2, 0) is 22.3 Å². The number of likely N-dealkylation sites (tertiary alicyclic amines) is 1. The van der Waals surface area contributed by atoms with Gasteiger partial charge in [0.1, 0.15) is 24.5 Å². The van der Waals surface area contributed by atoms with Crippen LogP contribution in [0.2, 0.25) is 5.02 Å². The number of aromatic nitrogens is 1. The van der Waals surface area contributed by atoms with Crippen molar-refractivity contribution >= 4 is 23.4 Å². The first kappa shape index (κ1) is 33.4. The minimum atomic E-state index is -4.55. The van der Waals surface area contributed by atoms with Crippen molar-refractivity contribution < 1.29 is 41.7 Å². The third-order valence-electron chi connectivity index (χ3n) is 6.06. The van der Waals surface area contributed by atoms with Crippen molar-refractivity contribution in [2.75, 3.05) is 40.0 Å². The van der Waals surface area contributed by atoms with Crippen molar-refractivity contribution in [3.63, 3.8) is 0 Å². The monoisotopic (exact) mass is 624 g/mol. The summed E-state index contributed by atoms with van der Waals surface area (Å²) in [7, 11) is 1.68. The molecule has 14 heteroatoms. The van der Waals surface area contributed by atoms with Crippen molar-refractivity contribution in [2.24, 2.45) is 5.73 Å². The van der Waals surface area contributed by atoms with Crippen LogP contribution in [0.5, 0.6) is 23.1 Å². The van der Waals surface area contributed by atoms with Crippen LogP contribution >= 0.6 is 11.6 Å². The number of pyridine rings is 1. The van der Waals surface area contributed by atoms with Gasteiger partial charge in [0.05, 0.1) is 23.7 Å². The Kier molecular flexibility index (Phi) is 11.6. The van der Waals surface area contributed by atoms with Crippen molar-refractivity contribution in [1.29, 1.82) is 0 Å². The normalized spacial score (nSPS) is 14.0. The van der Waals surface area contributed by atoms with Crippen molar-refractivity contribution in [1.82, 2.24) is 15.2 Å². The van der Waals surface area contributed by atoms with E-state index in [9.17, 15) is 22.8 Å². The Bertz CT molecular complexity index is 1420. The standard InChI is InChI=1S/C18H16ClF3N4O3.C10H12O3.CH4/c19-13-6-10(18(20,21)22)3-4-14(13)29-17-12(2-1-5-24-17)16(28)25-7-15(27)26-8-11(23)9-26;1-11-7-8-2-3-9-10(6-8)13-5-4-12-9;/h1-6,11H,7-9,23H2,(H,25,28);2-3,6H,4-5,7H2,1H3;1H4. The van der Waals surface area contributed by atoms with E-state index in [2.05, 4.69) is 10.3 Å². The summed E-state index contributed by atoms with van der Waals surface area (Å²) in [6.07, 6.45) is -3.21. The molecule has 2 amide bonds. The second-order valence-electron chi connectivity index (χ2n) is 9.25. The highest BCUT2D eigenvalue weighted by Gasteiger charge is 2.31. The molecule has 1 saturated heterocycles. The molecule has 2 aromatic carbocycles. The van der Waals surface area contributed by atoms with Gasteiger partial charge in [-0.15, -0.1) is 0 Å². The van der Waals surface area contributed by atoms with Crippen LogP contribution in [0.3, 0.4) is 0 Å². The van der Waals surface area contributed by atoms with Gasteiger partial charge in [-0.2, -0.15) is 13.2 Å². The highest BCUT2D eigenvalue weighted by atomic mass is 35.5. The lowest BCUT2D eigenvalue weighted by molar-refractivity contribution is -0.137. The van der Waals surface area contributed by atoms with E-state index < -0.39 is 17.6 Å². The number of rotatable bonds is 7. The quantitative estimate of drug-likeness (QED) is 0.388. The molecule has 5 rings (SSSR count). The second-order valence-corrected chi connectivity index (χ2v) is 9.66. The zero-order valence-electron chi connectivity index (χ0n) is 22.4. The Morgan fingerprint density at radius 3 is 2.49 bits per heavy atom. The number of carbonyl (C=O) groups excluding carboxylic acids is 2. The van der Waals surface area contributed by atoms with E-state index in [1.807, 2.05) is 18.2 Å². The lowest BCUT2D eigenvalue weighted by Crippen LogP contribution is -2.59. The van der Waals surface area contributed by atoms with Gasteiger partial charge < -0.3 is 34.9 Å². The number of methoxy groups -OCH3 is 1. The van der Waals surface area contributed by atoms with E-state index in [1.165, 1.54) is 23.2 Å². The van der Waals surface area contributed by atoms with Crippen LogP contribution in [0, 0.1) is 0 Å². The summed E-state index contributed by atoms with van der Waals surface area (Å²) in [5.74, 6) is 0.474. The first-order valence-electron chi connectivity index (χ1n) is 12.7. The van der Waals surface area contributed by atoms with Gasteiger partial charge in [-0.1, -0.05) is 25.1 Å². The van der Waals surface area contributed by atoms with E-state index in [0.717, 1.165) is 35.3 Å². The van der Waals surface area contributed by atoms with Crippen LogP contribution in [0.25, 0.3) is 0 Å². The Morgan fingerprint density at radius 1 is 1.12 bits per heavy atom. The first-order valence-corrected chi connectivity index (χ1v) is 13.1. The van der Waals surface area contributed by atoms with Gasteiger partial charge in [0, 0.05) is 32.4 Å². The number of hydrogen-bond acceptors (Lipinski definition) is 8. The molecule has 0 atom stereocenters. The van der Waals surface area contributed by atoms with Gasteiger partial charge >= 0.3 is 6.18 Å². The molecular formula is C29H32ClF3N4O6. The zero-order chi connectivity index (χ0) is 30.3. The van der Waals surface area contributed by atoms with Crippen molar-refractivity contribution in [3.05, 3.63) is 76.4 Å². The highest BCUT2D eigenvalue weighted by molar-refractivity contribution is 6.32. The number of nitrogens with zero attached hydrogens (tertiary/aromatic N) is 2. The highest BCUT2D eigenvalue weighted by Crippen LogP contribution is 2.36. The molecule has 3 N–H and O–H groups in total. The van der Waals surface area contributed by atoms with Crippen LogP contribution in [0.15, 0.2) is 54.7 Å². The molecule has 3 aromatic rings. The van der Waals surface area contributed by atoms with E-state index in [4.69, 9.17) is 36.3 Å². The van der Waals surface area contributed by atoms with Gasteiger partial charge in [0.2, 0.25) is 11.8 Å². The second kappa shape index (κ2) is 14.9. The Hall–Kier alpha value is -4.07. The minimum Gasteiger partial charge on any atom is -0.486 e. The molecule has 2 aliphatic heterocycles. The number of amides is 2. The Morgan fingerprint density at radius 2 is 1.84 bits per heavy atom. The van der Waals surface area contributed by atoms with Crippen molar-refractivity contribution in [2.45, 2.75) is 26.3 Å². The molecule has 0 radical (unpaired) electrons. The number of alkyl halides is 3. The average molecular weight is 625 g/mol. The number of ether oxygens (including phenoxy) is 4. The predicted octanol–water partition coefficient (Wildman–Crippen LogP) is 4.69. The Balaban J connectivity index is 0.000000302. The molecule has 43 heavy (non-hydrogen) atoms. The Labute approximate surface area is 251 Å². The summed E-state index contributed by atoms with van der Waals surface area (Å²) in [5, 5.41) is 2.17. The van der Waals surface area contributed by atoms with Crippen LogP contribution in [0.1, 0.15) is 28.9 Å². The third kappa shape index (κ3) is 8.96. The minimum absolute atomic E-state index is 0. The fourth-order valence-corrected chi connectivity index (χ4v) is 4.15. The molecule has 0 aliphatic carbocycles. The predicted molar refractivity (Wildman–Crippen MR) is 153 cm³/mol. The molecule has 2 aliphatic rings. The summed E-state index contributed by atoms with van der Waals surface area (Å²) >= 11 is 5.88. The van der Waals surface area contributed by atoms with E-state index in [0.29, 0.717) is 32.9 Å². The number of hydrogen-bond donors (Lipinski definition) is 2. The molecular weight excluding hydrogens is 593 g/mol. The summed E-state index contributed by atoms with van der Waals surface area (Å²) in [6, 6.07) is 11.2. The molecule has 1 aromatic heterocycles. The maximum atomic E-state index is 12.8. The number of carbonyl (C=O) groups is 2. The van der Waals surface area contributed by atoms with Gasteiger partial charge in [-0.3, -0.25) is 9.59 Å². The third-order valence-corrected chi connectivity index (χ3v) is 6.36. The van der Waals surface area contributed by atoms with Gasteiger partial charge in [-0.25, -0.2) is 4.98 Å². The maximum Gasteiger partial charge on any atom is 0.416 e. The molecule has 1 fully saturated rings. The fourth-order valence-electron chi connectivity index (χ4n) is 3.93. The topological polar surface area (TPSA) is 125 Å². The summed E-state index contributed by atoms with van der Waals surface area (Å²) in [4.78, 5) is 29.8.